The fourth-order valence-corrected chi connectivity index (χ4v) is 6.03. The van der Waals surface area contributed by atoms with Crippen LogP contribution in [-0.2, 0) is 25.7 Å². The number of carbonyl (C=O) groups is 4. The molecule has 2 heterocycles. The number of hydrogen-bond donors (Lipinski definition) is 3. The SMILES string of the molecule is CC(=O)c1ccc(OCCCCCOCC(=O)N[C@H](C(=O)N2C[C@H](O)C[C@H]2C(=O)NCc2ccc(-c3cncs3)cc2)C(C)(C)C)cc1. The predicted octanol–water partition coefficient (Wildman–Crippen LogP) is 4.39. The van der Waals surface area contributed by atoms with E-state index in [1.54, 1.807) is 47.3 Å². The van der Waals surface area contributed by atoms with Crippen LogP contribution in [0.5, 0.6) is 5.75 Å². The highest BCUT2D eigenvalue weighted by molar-refractivity contribution is 7.13. The summed E-state index contributed by atoms with van der Waals surface area (Å²) in [6, 6.07) is 13.1. The zero-order valence-corrected chi connectivity index (χ0v) is 28.9. The monoisotopic (exact) mass is 678 g/mol. The summed E-state index contributed by atoms with van der Waals surface area (Å²) in [5, 5.41) is 16.2. The van der Waals surface area contributed by atoms with Gasteiger partial charge in [-0.2, -0.15) is 0 Å². The molecule has 11 nitrogen and oxygen atoms in total. The third-order valence-corrected chi connectivity index (χ3v) is 8.94. The molecule has 48 heavy (non-hydrogen) atoms. The highest BCUT2D eigenvalue weighted by Crippen LogP contribution is 2.27. The summed E-state index contributed by atoms with van der Waals surface area (Å²) in [5.74, 6) is -0.483. The molecule has 3 amide bonds. The van der Waals surface area contributed by atoms with Crippen LogP contribution in [0, 0.1) is 5.41 Å². The summed E-state index contributed by atoms with van der Waals surface area (Å²) < 4.78 is 11.3. The average molecular weight is 679 g/mol. The van der Waals surface area contributed by atoms with Crippen molar-refractivity contribution >= 4 is 34.8 Å². The Labute approximate surface area is 286 Å². The van der Waals surface area contributed by atoms with Crippen LogP contribution in [0.15, 0.2) is 60.2 Å². The molecule has 3 atom stereocenters. The van der Waals surface area contributed by atoms with Gasteiger partial charge in [0.15, 0.2) is 5.78 Å². The summed E-state index contributed by atoms with van der Waals surface area (Å²) in [7, 11) is 0. The topological polar surface area (TPSA) is 147 Å². The molecule has 0 radical (unpaired) electrons. The summed E-state index contributed by atoms with van der Waals surface area (Å²) in [4.78, 5) is 57.8. The highest BCUT2D eigenvalue weighted by atomic mass is 32.1. The Bertz CT molecular complexity index is 1500. The number of carbonyl (C=O) groups excluding carboxylic acids is 4. The smallest absolute Gasteiger partial charge is 0.246 e. The molecule has 0 saturated carbocycles. The number of unbranched alkanes of at least 4 members (excludes halogenated alkanes) is 2. The van der Waals surface area contributed by atoms with Crippen LogP contribution in [0.3, 0.4) is 0 Å². The van der Waals surface area contributed by atoms with Gasteiger partial charge in [0.2, 0.25) is 17.7 Å². The number of benzene rings is 2. The number of nitrogens with one attached hydrogen (secondary N) is 2. The van der Waals surface area contributed by atoms with Crippen molar-refractivity contribution in [3.8, 4) is 16.2 Å². The lowest BCUT2D eigenvalue weighted by Gasteiger charge is -2.35. The van der Waals surface area contributed by atoms with Crippen molar-refractivity contribution in [1.29, 1.82) is 0 Å². The molecule has 1 aliphatic rings. The standard InChI is InChI=1S/C36H46N4O7S/c1-24(41)26-12-14-29(15-13-26)47-17-7-5-6-16-46-22-32(43)39-33(36(2,3)4)35(45)40-21-28(42)18-30(40)34(44)38-19-25-8-10-27(11-9-25)31-20-37-23-48-31/h8-15,20,23,28,30,33,42H,5-7,16-19,21-22H2,1-4H3,(H,38,44)(H,39,43)/t28-,30+,33-/m1/s1. The normalized spacial score (nSPS) is 16.7. The van der Waals surface area contributed by atoms with Crippen molar-refractivity contribution < 1.29 is 33.8 Å². The van der Waals surface area contributed by atoms with Gasteiger partial charge in [0.05, 0.1) is 23.1 Å². The van der Waals surface area contributed by atoms with E-state index in [2.05, 4.69) is 15.6 Å². The van der Waals surface area contributed by atoms with E-state index in [1.165, 1.54) is 11.8 Å². The minimum absolute atomic E-state index is 0.00680. The zero-order valence-electron chi connectivity index (χ0n) is 28.1. The predicted molar refractivity (Wildman–Crippen MR) is 184 cm³/mol. The Morgan fingerprint density at radius 3 is 2.38 bits per heavy atom. The quantitative estimate of drug-likeness (QED) is 0.149. The van der Waals surface area contributed by atoms with E-state index in [1.807, 2.05) is 45.0 Å². The van der Waals surface area contributed by atoms with Gasteiger partial charge in [-0.25, -0.2) is 0 Å². The van der Waals surface area contributed by atoms with Gasteiger partial charge >= 0.3 is 0 Å². The van der Waals surface area contributed by atoms with Gasteiger partial charge in [0.25, 0.3) is 0 Å². The van der Waals surface area contributed by atoms with Gasteiger partial charge < -0.3 is 30.1 Å². The van der Waals surface area contributed by atoms with Gasteiger partial charge in [-0.1, -0.05) is 45.0 Å². The molecule has 12 heteroatoms. The molecule has 3 aromatic rings. The second kappa shape index (κ2) is 17.3. The maximum Gasteiger partial charge on any atom is 0.246 e. The fourth-order valence-electron chi connectivity index (χ4n) is 5.40. The summed E-state index contributed by atoms with van der Waals surface area (Å²) in [6.45, 7) is 8.03. The molecule has 1 saturated heterocycles. The zero-order chi connectivity index (χ0) is 34.7. The number of hydrogen-bond acceptors (Lipinski definition) is 9. The lowest BCUT2D eigenvalue weighted by Crippen LogP contribution is -2.58. The van der Waals surface area contributed by atoms with Crippen LogP contribution in [0.25, 0.3) is 10.4 Å². The van der Waals surface area contributed by atoms with Crippen molar-refractivity contribution in [1.82, 2.24) is 20.5 Å². The minimum Gasteiger partial charge on any atom is -0.494 e. The van der Waals surface area contributed by atoms with E-state index in [0.29, 0.717) is 24.5 Å². The maximum absolute atomic E-state index is 13.8. The molecule has 1 aliphatic heterocycles. The molecule has 3 N–H and O–H groups in total. The lowest BCUT2D eigenvalue weighted by atomic mass is 9.85. The maximum atomic E-state index is 13.8. The van der Waals surface area contributed by atoms with Crippen LogP contribution in [0.4, 0.5) is 0 Å². The first-order valence-electron chi connectivity index (χ1n) is 16.3. The number of rotatable bonds is 16. The second-order valence-corrected chi connectivity index (χ2v) is 14.0. The number of aliphatic hydroxyl groups excluding tert-OH is 1. The number of β-amino-alcohol motifs (C(OH)–C–C–N with tert-alkyl or cyclic N) is 1. The highest BCUT2D eigenvalue weighted by Gasteiger charge is 2.44. The summed E-state index contributed by atoms with van der Waals surface area (Å²) in [6.07, 6.45) is 3.46. The molecule has 4 rings (SSSR count). The number of likely N-dealkylation sites (tertiary alicyclic amines) is 1. The van der Waals surface area contributed by atoms with Crippen LogP contribution in [0.1, 0.15) is 69.3 Å². The third kappa shape index (κ3) is 10.7. The van der Waals surface area contributed by atoms with Crippen molar-refractivity contribution in [2.24, 2.45) is 5.41 Å². The van der Waals surface area contributed by atoms with E-state index < -0.39 is 35.4 Å². The molecular formula is C36H46N4O7S. The molecule has 0 unspecified atom stereocenters. The molecular weight excluding hydrogens is 632 g/mol. The fraction of sp³-hybridized carbons (Fsp3) is 0.472. The molecule has 1 aromatic heterocycles. The molecule has 2 aromatic carbocycles. The third-order valence-electron chi connectivity index (χ3n) is 8.12. The van der Waals surface area contributed by atoms with Gasteiger partial charge in [0, 0.05) is 37.9 Å². The number of amides is 3. The van der Waals surface area contributed by atoms with E-state index in [4.69, 9.17) is 9.47 Å². The largest absolute Gasteiger partial charge is 0.494 e. The van der Waals surface area contributed by atoms with Gasteiger partial charge in [-0.3, -0.25) is 24.2 Å². The molecule has 0 bridgehead atoms. The van der Waals surface area contributed by atoms with E-state index >= 15 is 0 Å². The van der Waals surface area contributed by atoms with Gasteiger partial charge in [0.1, 0.15) is 24.4 Å². The van der Waals surface area contributed by atoms with Crippen LogP contribution < -0.4 is 15.4 Å². The summed E-state index contributed by atoms with van der Waals surface area (Å²) >= 11 is 1.55. The Balaban J connectivity index is 1.20. The summed E-state index contributed by atoms with van der Waals surface area (Å²) in [5.41, 5.74) is 3.70. The first kappa shape index (κ1) is 36.7. The van der Waals surface area contributed by atoms with Crippen LogP contribution in [-0.4, -0.2) is 83.0 Å². The average Bonchev–Trinajstić information content (AvgIpc) is 3.74. The Kier molecular flexibility index (Phi) is 13.2. The number of aromatic nitrogens is 1. The van der Waals surface area contributed by atoms with E-state index in [-0.39, 0.29) is 37.8 Å². The Hall–Kier alpha value is -4.13. The van der Waals surface area contributed by atoms with Crippen molar-refractivity contribution in [2.75, 3.05) is 26.4 Å². The van der Waals surface area contributed by atoms with Crippen molar-refractivity contribution in [3.05, 3.63) is 71.4 Å². The molecule has 258 valence electrons. The van der Waals surface area contributed by atoms with Gasteiger partial charge in [-0.05, 0) is 67.0 Å². The number of aliphatic hydroxyl groups is 1. The minimum atomic E-state index is -0.921. The van der Waals surface area contributed by atoms with Crippen LogP contribution in [0.2, 0.25) is 0 Å². The molecule has 1 fully saturated rings. The van der Waals surface area contributed by atoms with Gasteiger partial charge in [-0.15, -0.1) is 11.3 Å². The second-order valence-electron chi connectivity index (χ2n) is 13.1. The van der Waals surface area contributed by atoms with Crippen molar-refractivity contribution in [3.63, 3.8) is 0 Å². The molecule has 0 aliphatic carbocycles. The number of nitrogens with zero attached hydrogens (tertiary/aromatic N) is 2. The number of ketones is 1. The first-order chi connectivity index (χ1) is 22.9. The Morgan fingerprint density at radius 1 is 1.02 bits per heavy atom. The number of thiazole rings is 1. The van der Waals surface area contributed by atoms with E-state index in [9.17, 15) is 24.3 Å². The lowest BCUT2D eigenvalue weighted by molar-refractivity contribution is -0.144. The Morgan fingerprint density at radius 2 is 1.73 bits per heavy atom. The number of ether oxygens (including phenoxy) is 2. The van der Waals surface area contributed by atoms with Crippen molar-refractivity contribution in [2.45, 2.75) is 78.1 Å². The number of Topliss-reactive ketones (excluding diaryl/α,β-unsaturated/α-hetero) is 1. The van der Waals surface area contributed by atoms with E-state index in [0.717, 1.165) is 35.3 Å². The molecule has 0 spiro atoms. The first-order valence-corrected chi connectivity index (χ1v) is 17.2. The van der Waals surface area contributed by atoms with Crippen LogP contribution >= 0.6 is 11.3 Å².